The first-order valence-electron chi connectivity index (χ1n) is 8.69. The van der Waals surface area contributed by atoms with Crippen molar-refractivity contribution in [2.75, 3.05) is 14.1 Å². The molecule has 1 fully saturated rings. The molecule has 0 unspecified atom stereocenters. The first-order chi connectivity index (χ1) is 12.5. The molecule has 0 atom stereocenters. The van der Waals surface area contributed by atoms with Crippen LogP contribution in [0.15, 0.2) is 53.8 Å². The van der Waals surface area contributed by atoms with E-state index in [1.807, 2.05) is 42.3 Å². The van der Waals surface area contributed by atoms with E-state index < -0.39 is 5.91 Å². The summed E-state index contributed by atoms with van der Waals surface area (Å²) < 4.78 is 0. The predicted octanol–water partition coefficient (Wildman–Crippen LogP) is 1.54. The zero-order valence-corrected chi connectivity index (χ0v) is 15.2. The van der Waals surface area contributed by atoms with Gasteiger partial charge in [-0.1, -0.05) is 30.3 Å². The number of hydrogen-bond acceptors (Lipinski definition) is 4. The number of carbonyl (C=O) groups is 3. The molecule has 0 aliphatic heterocycles. The van der Waals surface area contributed by atoms with Crippen molar-refractivity contribution in [1.29, 1.82) is 0 Å². The van der Waals surface area contributed by atoms with Gasteiger partial charge in [-0.05, 0) is 30.9 Å². The molecule has 0 saturated heterocycles. The molecule has 0 spiro atoms. The molecule has 1 aliphatic rings. The molecule has 1 saturated carbocycles. The summed E-state index contributed by atoms with van der Waals surface area (Å²) >= 11 is 0. The third kappa shape index (κ3) is 5.58. The SMILES string of the molecule is CNC(=O)/C(C=O)=C/C(=C\N(C)Cc1ccccc1)C(=O)NC1CCC1. The summed E-state index contributed by atoms with van der Waals surface area (Å²) in [5.41, 5.74) is 1.28. The summed E-state index contributed by atoms with van der Waals surface area (Å²) in [5, 5.41) is 5.35. The molecule has 1 aromatic rings. The highest BCUT2D eigenvalue weighted by molar-refractivity contribution is 6.12. The van der Waals surface area contributed by atoms with Crippen LogP contribution in [0.5, 0.6) is 0 Å². The smallest absolute Gasteiger partial charge is 0.254 e. The lowest BCUT2D eigenvalue weighted by Crippen LogP contribution is -2.40. The van der Waals surface area contributed by atoms with Crippen LogP contribution in [-0.2, 0) is 20.9 Å². The summed E-state index contributed by atoms with van der Waals surface area (Å²) in [5.74, 6) is -0.800. The molecule has 138 valence electrons. The quantitative estimate of drug-likeness (QED) is 0.244. The second-order valence-electron chi connectivity index (χ2n) is 6.38. The Morgan fingerprint density at radius 3 is 2.38 bits per heavy atom. The fourth-order valence-electron chi connectivity index (χ4n) is 2.60. The van der Waals surface area contributed by atoms with Crippen molar-refractivity contribution in [2.45, 2.75) is 31.8 Å². The highest BCUT2D eigenvalue weighted by Crippen LogP contribution is 2.19. The number of carbonyl (C=O) groups excluding carboxylic acids is 3. The minimum atomic E-state index is -0.520. The standard InChI is InChI=1S/C20H25N3O3/c1-21-19(25)17(14-24)11-16(20(26)22-18-9-6-10-18)13-23(2)12-15-7-4-3-5-8-15/h3-5,7-8,11,13-14,18H,6,9-10,12H2,1-2H3,(H,21,25)(H,22,26)/b16-13+,17-11+. The largest absolute Gasteiger partial charge is 0.375 e. The van der Waals surface area contributed by atoms with Crippen LogP contribution >= 0.6 is 0 Å². The normalized spacial score (nSPS) is 15.0. The Bertz CT molecular complexity index is 706. The lowest BCUT2D eigenvalue weighted by Gasteiger charge is -2.27. The van der Waals surface area contributed by atoms with Gasteiger partial charge in [0.2, 0.25) is 0 Å². The van der Waals surface area contributed by atoms with Gasteiger partial charge in [-0.25, -0.2) is 0 Å². The van der Waals surface area contributed by atoms with Crippen molar-refractivity contribution in [3.8, 4) is 0 Å². The molecule has 6 nitrogen and oxygen atoms in total. The maximum atomic E-state index is 12.6. The zero-order valence-electron chi connectivity index (χ0n) is 15.2. The third-order valence-corrected chi connectivity index (χ3v) is 4.26. The average Bonchev–Trinajstić information content (AvgIpc) is 2.61. The average molecular weight is 355 g/mol. The molecule has 0 bridgehead atoms. The van der Waals surface area contributed by atoms with Crippen molar-refractivity contribution < 1.29 is 14.4 Å². The Morgan fingerprint density at radius 1 is 1.15 bits per heavy atom. The number of rotatable bonds is 8. The first-order valence-corrected chi connectivity index (χ1v) is 8.69. The van der Waals surface area contributed by atoms with Gasteiger partial charge in [-0.2, -0.15) is 0 Å². The van der Waals surface area contributed by atoms with Crippen LogP contribution < -0.4 is 10.6 Å². The van der Waals surface area contributed by atoms with E-state index in [1.54, 1.807) is 6.20 Å². The number of aldehydes is 1. The molecule has 6 heteroatoms. The molecular formula is C20H25N3O3. The lowest BCUT2D eigenvalue weighted by molar-refractivity contribution is -0.119. The molecule has 0 radical (unpaired) electrons. The highest BCUT2D eigenvalue weighted by atomic mass is 16.2. The third-order valence-electron chi connectivity index (χ3n) is 4.26. The fourth-order valence-corrected chi connectivity index (χ4v) is 2.60. The van der Waals surface area contributed by atoms with Gasteiger partial charge in [0.25, 0.3) is 11.8 Å². The molecule has 1 aliphatic carbocycles. The second kappa shape index (κ2) is 9.56. The Hall–Kier alpha value is -2.89. The Morgan fingerprint density at radius 2 is 1.85 bits per heavy atom. The van der Waals surface area contributed by atoms with Crippen LogP contribution in [0.1, 0.15) is 24.8 Å². The van der Waals surface area contributed by atoms with Crippen molar-refractivity contribution in [3.05, 3.63) is 59.3 Å². The monoisotopic (exact) mass is 355 g/mol. The summed E-state index contributed by atoms with van der Waals surface area (Å²) in [4.78, 5) is 37.5. The molecule has 2 rings (SSSR count). The first kappa shape index (κ1) is 19.4. The minimum absolute atomic E-state index is 0.0874. The van der Waals surface area contributed by atoms with E-state index in [4.69, 9.17) is 0 Å². The van der Waals surface area contributed by atoms with Crippen LogP contribution in [0.4, 0.5) is 0 Å². The van der Waals surface area contributed by atoms with E-state index >= 15 is 0 Å². The topological polar surface area (TPSA) is 78.5 Å². The number of hydrogen-bond donors (Lipinski definition) is 2. The molecular weight excluding hydrogens is 330 g/mol. The number of benzene rings is 1. The molecule has 0 heterocycles. The Kier molecular flexibility index (Phi) is 7.14. The summed E-state index contributed by atoms with van der Waals surface area (Å²) in [7, 11) is 3.29. The number of likely N-dealkylation sites (N-methyl/N-ethyl adjacent to an activating group) is 1. The molecule has 1 aromatic carbocycles. The van der Waals surface area contributed by atoms with Crippen molar-refractivity contribution in [2.24, 2.45) is 0 Å². The maximum Gasteiger partial charge on any atom is 0.254 e. The van der Waals surface area contributed by atoms with Gasteiger partial charge in [0.15, 0.2) is 6.29 Å². The van der Waals surface area contributed by atoms with Crippen LogP contribution in [0, 0.1) is 0 Å². The van der Waals surface area contributed by atoms with Crippen molar-refractivity contribution in [1.82, 2.24) is 15.5 Å². The number of nitrogens with zero attached hydrogens (tertiary/aromatic N) is 1. The van der Waals surface area contributed by atoms with Crippen LogP contribution in [0.2, 0.25) is 0 Å². The number of amides is 2. The van der Waals surface area contributed by atoms with Gasteiger partial charge in [0.1, 0.15) is 0 Å². The zero-order chi connectivity index (χ0) is 18.9. The van der Waals surface area contributed by atoms with Gasteiger partial charge in [-0.3, -0.25) is 14.4 Å². The van der Waals surface area contributed by atoms with Crippen LogP contribution in [0.25, 0.3) is 0 Å². The van der Waals surface area contributed by atoms with E-state index in [9.17, 15) is 14.4 Å². The molecule has 0 aromatic heterocycles. The van der Waals surface area contributed by atoms with E-state index in [1.165, 1.54) is 13.1 Å². The summed E-state index contributed by atoms with van der Waals surface area (Å²) in [6, 6.07) is 10.0. The molecule has 2 N–H and O–H groups in total. The molecule has 2 amide bonds. The Balaban J connectivity index is 2.22. The van der Waals surface area contributed by atoms with E-state index in [0.29, 0.717) is 12.8 Å². The second-order valence-corrected chi connectivity index (χ2v) is 6.38. The van der Waals surface area contributed by atoms with E-state index in [0.717, 1.165) is 24.8 Å². The fraction of sp³-hybridized carbons (Fsp3) is 0.350. The summed E-state index contributed by atoms with van der Waals surface area (Å²) in [6.07, 6.45) is 6.47. The highest BCUT2D eigenvalue weighted by Gasteiger charge is 2.21. The van der Waals surface area contributed by atoms with Gasteiger partial charge in [-0.15, -0.1) is 0 Å². The van der Waals surface area contributed by atoms with Gasteiger partial charge in [0, 0.05) is 32.9 Å². The van der Waals surface area contributed by atoms with Crippen LogP contribution in [0.3, 0.4) is 0 Å². The lowest BCUT2D eigenvalue weighted by atomic mass is 9.93. The van der Waals surface area contributed by atoms with Gasteiger partial charge >= 0.3 is 0 Å². The summed E-state index contributed by atoms with van der Waals surface area (Å²) in [6.45, 7) is 0.602. The van der Waals surface area contributed by atoms with Crippen molar-refractivity contribution in [3.63, 3.8) is 0 Å². The van der Waals surface area contributed by atoms with E-state index in [-0.39, 0.29) is 23.1 Å². The van der Waals surface area contributed by atoms with Crippen molar-refractivity contribution >= 4 is 18.1 Å². The van der Waals surface area contributed by atoms with E-state index in [2.05, 4.69) is 10.6 Å². The van der Waals surface area contributed by atoms with Gasteiger partial charge < -0.3 is 15.5 Å². The maximum absolute atomic E-state index is 12.6. The minimum Gasteiger partial charge on any atom is -0.375 e. The van der Waals surface area contributed by atoms with Gasteiger partial charge in [0.05, 0.1) is 11.1 Å². The van der Waals surface area contributed by atoms with Crippen LogP contribution in [-0.4, -0.2) is 43.1 Å². The molecule has 26 heavy (non-hydrogen) atoms. The Labute approximate surface area is 153 Å². The predicted molar refractivity (Wildman–Crippen MR) is 100.0 cm³/mol. The number of nitrogens with one attached hydrogen (secondary N) is 2.